The molecule has 0 aliphatic carbocycles. The minimum absolute atomic E-state index is 0.0214. The zero-order valence-corrected chi connectivity index (χ0v) is 21.2. The van der Waals surface area contributed by atoms with Gasteiger partial charge in [0.25, 0.3) is 0 Å². The molecule has 2 atom stereocenters. The first-order valence-corrected chi connectivity index (χ1v) is 10.5. The third-order valence-electron chi connectivity index (χ3n) is 4.80. The number of carbonyl (C=O) groups excluding carboxylic acids is 2. The molecular weight excluding hydrogens is 402 g/mol. The maximum atomic E-state index is 11.2. The number of rotatable bonds is 9. The van der Waals surface area contributed by atoms with Crippen LogP contribution in [0.3, 0.4) is 0 Å². The summed E-state index contributed by atoms with van der Waals surface area (Å²) < 4.78 is 0. The molecule has 32 heavy (non-hydrogen) atoms. The Kier molecular flexibility index (Phi) is 17.6. The quantitative estimate of drug-likeness (QED) is 0.403. The standard InChI is InChI=1S/C10H13N.C8H16N2O.C7H14N2O/c1-3-9-4-6-10(7-5-9)8-11-2;1-6(2)8(11)10(5)7(3)9-4;1-5-7(10)9(4)6(2)8-3/h3-7,11H,1,8H2,2H3;7,9H,1H2,2-5H3;5-6,8H,1H2,2-4H3. The van der Waals surface area contributed by atoms with Gasteiger partial charge in [-0.3, -0.25) is 9.59 Å². The van der Waals surface area contributed by atoms with Gasteiger partial charge in [0.05, 0.1) is 12.3 Å². The van der Waals surface area contributed by atoms with E-state index >= 15 is 0 Å². The van der Waals surface area contributed by atoms with Gasteiger partial charge in [-0.05, 0) is 59.1 Å². The van der Waals surface area contributed by atoms with E-state index in [1.165, 1.54) is 17.2 Å². The summed E-state index contributed by atoms with van der Waals surface area (Å²) in [6.45, 7) is 17.1. The number of benzene rings is 1. The summed E-state index contributed by atoms with van der Waals surface area (Å²) in [5, 5.41) is 9.00. The van der Waals surface area contributed by atoms with Crippen LogP contribution in [0.4, 0.5) is 0 Å². The van der Waals surface area contributed by atoms with Gasteiger partial charge in [-0.2, -0.15) is 0 Å². The Labute approximate surface area is 195 Å². The average molecular weight is 446 g/mol. The third-order valence-corrected chi connectivity index (χ3v) is 4.80. The topological polar surface area (TPSA) is 76.7 Å². The molecule has 0 saturated carbocycles. The summed E-state index contributed by atoms with van der Waals surface area (Å²) in [4.78, 5) is 25.3. The fourth-order valence-electron chi connectivity index (χ4n) is 2.17. The van der Waals surface area contributed by atoms with Crippen molar-refractivity contribution in [3.63, 3.8) is 0 Å². The zero-order valence-electron chi connectivity index (χ0n) is 21.2. The molecule has 0 aliphatic rings. The number of hydrogen-bond donors (Lipinski definition) is 3. The number of nitrogens with one attached hydrogen (secondary N) is 3. The van der Waals surface area contributed by atoms with Gasteiger partial charge in [0.1, 0.15) is 0 Å². The molecule has 0 saturated heterocycles. The second kappa shape index (κ2) is 17.9. The molecule has 1 aromatic carbocycles. The predicted octanol–water partition coefficient (Wildman–Crippen LogP) is 2.83. The smallest absolute Gasteiger partial charge is 0.249 e. The van der Waals surface area contributed by atoms with E-state index in [1.54, 1.807) is 37.9 Å². The zero-order chi connectivity index (χ0) is 25.3. The van der Waals surface area contributed by atoms with Gasteiger partial charge in [-0.15, -0.1) is 0 Å². The first-order chi connectivity index (χ1) is 15.0. The second-order valence-electron chi connectivity index (χ2n) is 7.25. The van der Waals surface area contributed by atoms with Crippen molar-refractivity contribution in [3.8, 4) is 0 Å². The van der Waals surface area contributed by atoms with Crippen LogP contribution >= 0.6 is 0 Å². The maximum absolute atomic E-state index is 11.2. The summed E-state index contributed by atoms with van der Waals surface area (Å²) in [6, 6.07) is 8.35. The van der Waals surface area contributed by atoms with Crippen molar-refractivity contribution in [1.82, 2.24) is 25.8 Å². The Morgan fingerprint density at radius 3 is 1.78 bits per heavy atom. The van der Waals surface area contributed by atoms with Crippen LogP contribution in [-0.2, 0) is 16.1 Å². The molecule has 2 amide bonds. The fraction of sp³-hybridized carbons (Fsp3) is 0.440. The van der Waals surface area contributed by atoms with Crippen LogP contribution in [0, 0.1) is 0 Å². The van der Waals surface area contributed by atoms with Crippen LogP contribution < -0.4 is 16.0 Å². The molecule has 1 aromatic rings. The molecule has 2 unspecified atom stereocenters. The van der Waals surface area contributed by atoms with Crippen LogP contribution in [0.15, 0.2) is 55.7 Å². The lowest BCUT2D eigenvalue weighted by molar-refractivity contribution is -0.128. The lowest BCUT2D eigenvalue weighted by Crippen LogP contribution is -2.43. The minimum Gasteiger partial charge on any atom is -0.327 e. The molecule has 3 N–H and O–H groups in total. The molecule has 0 aliphatic heterocycles. The van der Waals surface area contributed by atoms with Crippen molar-refractivity contribution in [1.29, 1.82) is 0 Å². The Morgan fingerprint density at radius 2 is 1.44 bits per heavy atom. The van der Waals surface area contributed by atoms with E-state index in [4.69, 9.17) is 0 Å². The van der Waals surface area contributed by atoms with Crippen molar-refractivity contribution < 1.29 is 9.59 Å². The van der Waals surface area contributed by atoms with E-state index in [1.807, 2.05) is 34.0 Å². The largest absolute Gasteiger partial charge is 0.327 e. The van der Waals surface area contributed by atoms with Crippen LogP contribution in [0.25, 0.3) is 6.08 Å². The van der Waals surface area contributed by atoms with Gasteiger partial charge in [0, 0.05) is 26.2 Å². The summed E-state index contributed by atoms with van der Waals surface area (Å²) in [6.07, 6.45) is 3.27. The Bertz CT molecular complexity index is 716. The molecule has 7 nitrogen and oxygen atoms in total. The van der Waals surface area contributed by atoms with E-state index in [2.05, 4.69) is 60.0 Å². The summed E-state index contributed by atoms with van der Waals surface area (Å²) in [5.41, 5.74) is 3.04. The molecule has 0 fully saturated rings. The highest BCUT2D eigenvalue weighted by molar-refractivity contribution is 5.92. The minimum atomic E-state index is -0.0677. The highest BCUT2D eigenvalue weighted by Crippen LogP contribution is 2.04. The average Bonchev–Trinajstić information content (AvgIpc) is 2.82. The molecule has 0 aromatic heterocycles. The second-order valence-corrected chi connectivity index (χ2v) is 7.25. The number of nitrogens with zero attached hydrogens (tertiary/aromatic N) is 2. The summed E-state index contributed by atoms with van der Waals surface area (Å²) >= 11 is 0. The van der Waals surface area contributed by atoms with Gasteiger partial charge in [0.2, 0.25) is 11.8 Å². The number of likely N-dealkylation sites (N-methyl/N-ethyl adjacent to an activating group) is 2. The van der Waals surface area contributed by atoms with Crippen molar-refractivity contribution in [2.75, 3.05) is 35.2 Å². The fourth-order valence-corrected chi connectivity index (χ4v) is 2.17. The van der Waals surface area contributed by atoms with Crippen molar-refractivity contribution >= 4 is 17.9 Å². The molecule has 0 bridgehead atoms. The van der Waals surface area contributed by atoms with Gasteiger partial charge in [-0.25, -0.2) is 0 Å². The van der Waals surface area contributed by atoms with Crippen molar-refractivity contribution in [2.45, 2.75) is 39.6 Å². The third kappa shape index (κ3) is 12.8. The van der Waals surface area contributed by atoms with E-state index in [0.717, 1.165) is 6.54 Å². The Balaban J connectivity index is 0. The summed E-state index contributed by atoms with van der Waals surface area (Å²) in [7, 11) is 9.04. The highest BCUT2D eigenvalue weighted by atomic mass is 16.2. The van der Waals surface area contributed by atoms with Crippen LogP contribution in [0.2, 0.25) is 0 Å². The molecule has 0 heterocycles. The Hall–Kier alpha value is -2.74. The van der Waals surface area contributed by atoms with E-state index < -0.39 is 0 Å². The first-order valence-electron chi connectivity index (χ1n) is 10.5. The molecule has 1 rings (SSSR count). The van der Waals surface area contributed by atoms with Crippen molar-refractivity contribution in [2.24, 2.45) is 0 Å². The molecule has 180 valence electrons. The lowest BCUT2D eigenvalue weighted by atomic mass is 10.1. The summed E-state index contributed by atoms with van der Waals surface area (Å²) in [5.74, 6) is -0.0892. The molecule has 0 spiro atoms. The normalized spacial score (nSPS) is 11.4. The van der Waals surface area contributed by atoms with Crippen LogP contribution in [0.5, 0.6) is 0 Å². The Morgan fingerprint density at radius 1 is 0.969 bits per heavy atom. The SMILES string of the molecule is C=C(C)C(=O)N(C)C(C)NC.C=CC(=O)N(C)C(C)NC.C=Cc1ccc(CNC)cc1. The van der Waals surface area contributed by atoms with Gasteiger partial charge in [-0.1, -0.05) is 50.1 Å². The number of carbonyl (C=O) groups is 2. The predicted molar refractivity (Wildman–Crippen MR) is 137 cm³/mol. The lowest BCUT2D eigenvalue weighted by Gasteiger charge is -2.24. The van der Waals surface area contributed by atoms with E-state index in [0.29, 0.717) is 5.57 Å². The highest BCUT2D eigenvalue weighted by Gasteiger charge is 2.13. The van der Waals surface area contributed by atoms with Crippen LogP contribution in [0.1, 0.15) is 31.9 Å². The van der Waals surface area contributed by atoms with Crippen LogP contribution in [-0.4, -0.2) is 69.2 Å². The maximum Gasteiger partial charge on any atom is 0.249 e. The first kappa shape index (κ1) is 31.4. The van der Waals surface area contributed by atoms with E-state index in [9.17, 15) is 9.59 Å². The molecular formula is C25H43N5O2. The van der Waals surface area contributed by atoms with Gasteiger partial charge in [0.15, 0.2) is 0 Å². The van der Waals surface area contributed by atoms with Gasteiger partial charge < -0.3 is 25.8 Å². The number of hydrogen-bond acceptors (Lipinski definition) is 5. The van der Waals surface area contributed by atoms with E-state index in [-0.39, 0.29) is 24.1 Å². The number of amides is 2. The molecule has 7 heteroatoms. The van der Waals surface area contributed by atoms with Gasteiger partial charge >= 0.3 is 0 Å². The molecule has 0 radical (unpaired) electrons. The monoisotopic (exact) mass is 445 g/mol. The van der Waals surface area contributed by atoms with Crippen molar-refractivity contribution in [3.05, 3.63) is 66.8 Å².